The van der Waals surface area contributed by atoms with Gasteiger partial charge in [0.25, 0.3) is 0 Å². The summed E-state index contributed by atoms with van der Waals surface area (Å²) >= 11 is 0. The van der Waals surface area contributed by atoms with E-state index in [4.69, 9.17) is 15.0 Å². The van der Waals surface area contributed by atoms with E-state index in [2.05, 4.69) is 71.8 Å². The molecule has 0 N–H and O–H groups in total. The molecule has 27 heavy (non-hydrogen) atoms. The standard InChI is InChI=1S/C22H29N5/c1-14-13-27(8)26-17(14)15-10-9-11-16(12-15)18-23-19(21(2,3)4)25-20(24-18)22(5,6)7/h9-13H,1-8H3. The number of rotatable bonds is 2. The average molecular weight is 364 g/mol. The first-order valence-electron chi connectivity index (χ1n) is 9.33. The third-order valence-corrected chi connectivity index (χ3v) is 4.38. The van der Waals surface area contributed by atoms with Gasteiger partial charge < -0.3 is 0 Å². The second-order valence-corrected chi connectivity index (χ2v) is 9.22. The minimum atomic E-state index is -0.146. The zero-order chi connectivity index (χ0) is 20.0. The molecule has 0 saturated heterocycles. The third kappa shape index (κ3) is 4.07. The Hall–Kier alpha value is -2.56. The van der Waals surface area contributed by atoms with E-state index in [-0.39, 0.29) is 10.8 Å². The first-order valence-corrected chi connectivity index (χ1v) is 9.33. The molecule has 0 amide bonds. The molecule has 2 heterocycles. The molecule has 0 unspecified atom stereocenters. The summed E-state index contributed by atoms with van der Waals surface area (Å²) in [7, 11) is 1.94. The van der Waals surface area contributed by atoms with Gasteiger partial charge in [-0.3, -0.25) is 4.68 Å². The van der Waals surface area contributed by atoms with Crippen molar-refractivity contribution in [3.8, 4) is 22.6 Å². The van der Waals surface area contributed by atoms with Crippen molar-refractivity contribution in [2.75, 3.05) is 0 Å². The monoisotopic (exact) mass is 363 g/mol. The van der Waals surface area contributed by atoms with Gasteiger partial charge in [-0.15, -0.1) is 0 Å². The molecule has 0 bridgehead atoms. The summed E-state index contributed by atoms with van der Waals surface area (Å²) in [5.41, 5.74) is 3.90. The smallest absolute Gasteiger partial charge is 0.163 e. The van der Waals surface area contributed by atoms with Crippen LogP contribution in [0.2, 0.25) is 0 Å². The number of hydrogen-bond donors (Lipinski definition) is 0. The van der Waals surface area contributed by atoms with Gasteiger partial charge in [-0.05, 0) is 18.6 Å². The van der Waals surface area contributed by atoms with E-state index in [1.54, 1.807) is 0 Å². The Labute approximate surface area is 161 Å². The lowest BCUT2D eigenvalue weighted by Crippen LogP contribution is -2.24. The van der Waals surface area contributed by atoms with Gasteiger partial charge in [0, 0.05) is 35.2 Å². The lowest BCUT2D eigenvalue weighted by molar-refractivity contribution is 0.497. The third-order valence-electron chi connectivity index (χ3n) is 4.38. The van der Waals surface area contributed by atoms with E-state index < -0.39 is 0 Å². The van der Waals surface area contributed by atoms with E-state index in [1.165, 1.54) is 0 Å². The minimum Gasteiger partial charge on any atom is -0.275 e. The number of aryl methyl sites for hydroxylation is 2. The maximum Gasteiger partial charge on any atom is 0.163 e. The van der Waals surface area contributed by atoms with E-state index in [1.807, 2.05) is 24.0 Å². The number of nitrogens with zero attached hydrogens (tertiary/aromatic N) is 5. The minimum absolute atomic E-state index is 0.146. The van der Waals surface area contributed by atoms with Gasteiger partial charge in [-0.1, -0.05) is 59.7 Å². The van der Waals surface area contributed by atoms with Crippen molar-refractivity contribution in [3.63, 3.8) is 0 Å². The summed E-state index contributed by atoms with van der Waals surface area (Å²) in [6.07, 6.45) is 2.03. The molecule has 2 aromatic heterocycles. The lowest BCUT2D eigenvalue weighted by atomic mass is 9.93. The van der Waals surface area contributed by atoms with Gasteiger partial charge in [0.1, 0.15) is 11.6 Å². The average Bonchev–Trinajstić information content (AvgIpc) is 2.91. The van der Waals surface area contributed by atoms with Crippen LogP contribution in [0.25, 0.3) is 22.6 Å². The Morgan fingerprint density at radius 2 is 1.37 bits per heavy atom. The SMILES string of the molecule is Cc1cn(C)nc1-c1cccc(-c2nc(C(C)(C)C)nc(C(C)(C)C)n2)c1. The van der Waals surface area contributed by atoms with Crippen LogP contribution in [-0.4, -0.2) is 24.7 Å². The molecule has 0 aliphatic heterocycles. The molecular weight excluding hydrogens is 334 g/mol. The Kier molecular flexibility index (Phi) is 4.66. The Bertz CT molecular complexity index is 939. The maximum atomic E-state index is 4.80. The van der Waals surface area contributed by atoms with E-state index in [0.29, 0.717) is 0 Å². The Morgan fingerprint density at radius 3 is 1.85 bits per heavy atom. The molecule has 142 valence electrons. The summed E-state index contributed by atoms with van der Waals surface area (Å²) in [6, 6.07) is 8.28. The quantitative estimate of drug-likeness (QED) is 0.653. The number of hydrogen-bond acceptors (Lipinski definition) is 4. The van der Waals surface area contributed by atoms with Crippen LogP contribution < -0.4 is 0 Å². The Morgan fingerprint density at radius 1 is 0.815 bits per heavy atom. The predicted octanol–water partition coefficient (Wildman–Crippen LogP) is 4.84. The van der Waals surface area contributed by atoms with Crippen molar-refractivity contribution in [3.05, 3.63) is 47.7 Å². The van der Waals surface area contributed by atoms with Gasteiger partial charge in [0.2, 0.25) is 0 Å². The second-order valence-electron chi connectivity index (χ2n) is 9.22. The number of aromatic nitrogens is 5. The first kappa shape index (κ1) is 19.2. The van der Waals surface area contributed by atoms with Gasteiger partial charge in [-0.2, -0.15) is 5.10 Å². The zero-order valence-electron chi connectivity index (χ0n) is 17.6. The van der Waals surface area contributed by atoms with Gasteiger partial charge in [-0.25, -0.2) is 15.0 Å². The second kappa shape index (κ2) is 6.55. The molecule has 0 aliphatic carbocycles. The highest BCUT2D eigenvalue weighted by atomic mass is 15.2. The molecule has 3 aromatic rings. The fourth-order valence-electron chi connectivity index (χ4n) is 2.87. The predicted molar refractivity (Wildman–Crippen MR) is 110 cm³/mol. The van der Waals surface area contributed by atoms with E-state index >= 15 is 0 Å². The van der Waals surface area contributed by atoms with Crippen LogP contribution in [0, 0.1) is 6.92 Å². The summed E-state index contributed by atoms with van der Waals surface area (Å²) in [4.78, 5) is 14.4. The van der Waals surface area contributed by atoms with Crippen molar-refractivity contribution >= 4 is 0 Å². The van der Waals surface area contributed by atoms with Crippen LogP contribution in [0.1, 0.15) is 58.8 Å². The van der Waals surface area contributed by atoms with Crippen LogP contribution >= 0.6 is 0 Å². The normalized spacial score (nSPS) is 12.4. The van der Waals surface area contributed by atoms with Crippen LogP contribution in [0.3, 0.4) is 0 Å². The summed E-state index contributed by atoms with van der Waals surface area (Å²) < 4.78 is 1.84. The highest BCUT2D eigenvalue weighted by Gasteiger charge is 2.25. The molecule has 5 nitrogen and oxygen atoms in total. The molecule has 0 aliphatic rings. The number of benzene rings is 1. The van der Waals surface area contributed by atoms with Gasteiger partial charge in [0.15, 0.2) is 5.82 Å². The maximum absolute atomic E-state index is 4.80. The molecule has 0 radical (unpaired) electrons. The molecule has 1 aromatic carbocycles. The molecule has 0 saturated carbocycles. The molecular formula is C22H29N5. The van der Waals surface area contributed by atoms with Gasteiger partial charge >= 0.3 is 0 Å². The van der Waals surface area contributed by atoms with E-state index in [0.717, 1.165) is 39.9 Å². The molecule has 0 atom stereocenters. The summed E-state index contributed by atoms with van der Waals surface area (Å²) in [5.74, 6) is 2.35. The van der Waals surface area contributed by atoms with Crippen LogP contribution in [0.5, 0.6) is 0 Å². The molecule has 0 spiro atoms. The Balaban J connectivity index is 2.16. The van der Waals surface area contributed by atoms with E-state index in [9.17, 15) is 0 Å². The fraction of sp³-hybridized carbons (Fsp3) is 0.455. The van der Waals surface area contributed by atoms with Gasteiger partial charge in [0.05, 0.1) is 5.69 Å². The van der Waals surface area contributed by atoms with Crippen molar-refractivity contribution in [2.45, 2.75) is 59.3 Å². The summed E-state index contributed by atoms with van der Waals surface area (Å²) in [5, 5.41) is 4.59. The van der Waals surface area contributed by atoms with Crippen LogP contribution in [0.15, 0.2) is 30.5 Å². The highest BCUT2D eigenvalue weighted by molar-refractivity contribution is 5.69. The molecule has 5 heteroatoms. The lowest BCUT2D eigenvalue weighted by Gasteiger charge is -2.22. The fourth-order valence-corrected chi connectivity index (χ4v) is 2.87. The zero-order valence-corrected chi connectivity index (χ0v) is 17.6. The van der Waals surface area contributed by atoms with Crippen molar-refractivity contribution in [1.29, 1.82) is 0 Å². The summed E-state index contributed by atoms with van der Waals surface area (Å²) in [6.45, 7) is 14.9. The topological polar surface area (TPSA) is 56.5 Å². The molecule has 3 rings (SSSR count). The van der Waals surface area contributed by atoms with Crippen molar-refractivity contribution in [2.24, 2.45) is 7.05 Å². The van der Waals surface area contributed by atoms with Crippen molar-refractivity contribution < 1.29 is 0 Å². The van der Waals surface area contributed by atoms with Crippen LogP contribution in [0.4, 0.5) is 0 Å². The van der Waals surface area contributed by atoms with Crippen LogP contribution in [-0.2, 0) is 17.9 Å². The largest absolute Gasteiger partial charge is 0.275 e. The van der Waals surface area contributed by atoms with Crippen molar-refractivity contribution in [1.82, 2.24) is 24.7 Å². The highest BCUT2D eigenvalue weighted by Crippen LogP contribution is 2.29. The molecule has 0 fully saturated rings. The first-order chi connectivity index (χ1) is 12.4.